The summed E-state index contributed by atoms with van der Waals surface area (Å²) in [6.07, 6.45) is 6.92. The molecule has 0 N–H and O–H groups in total. The van der Waals surface area contributed by atoms with Crippen LogP contribution in [0.4, 0.5) is 5.82 Å². The predicted molar refractivity (Wildman–Crippen MR) is 106 cm³/mol. The topological polar surface area (TPSA) is 67.2 Å². The molecule has 142 valence electrons. The highest BCUT2D eigenvalue weighted by Gasteiger charge is 2.24. The first kappa shape index (κ1) is 16.9. The van der Waals surface area contributed by atoms with Crippen molar-refractivity contribution in [3.8, 4) is 5.69 Å². The first-order valence-corrected chi connectivity index (χ1v) is 9.78. The molecule has 5 rings (SSSR count). The van der Waals surface area contributed by atoms with Crippen molar-refractivity contribution in [2.24, 2.45) is 0 Å². The summed E-state index contributed by atoms with van der Waals surface area (Å²) >= 11 is 0. The van der Waals surface area contributed by atoms with E-state index in [-0.39, 0.29) is 5.91 Å². The minimum Gasteiger partial charge on any atom is -0.352 e. The van der Waals surface area contributed by atoms with Gasteiger partial charge in [0.1, 0.15) is 0 Å². The number of amides is 1. The van der Waals surface area contributed by atoms with Crippen molar-refractivity contribution in [1.82, 2.24) is 24.9 Å². The second-order valence-electron chi connectivity index (χ2n) is 7.31. The van der Waals surface area contributed by atoms with Crippen LogP contribution in [0.3, 0.4) is 0 Å². The van der Waals surface area contributed by atoms with E-state index in [2.05, 4.69) is 26.3 Å². The van der Waals surface area contributed by atoms with E-state index in [0.717, 1.165) is 43.1 Å². The Kier molecular flexibility index (Phi) is 4.27. The van der Waals surface area contributed by atoms with Crippen LogP contribution in [0.2, 0.25) is 0 Å². The molecule has 0 saturated carbocycles. The Morgan fingerprint density at radius 2 is 1.86 bits per heavy atom. The maximum atomic E-state index is 13.0. The maximum Gasteiger partial charge on any atom is 0.254 e. The van der Waals surface area contributed by atoms with Gasteiger partial charge in [0.25, 0.3) is 5.91 Å². The Hall–Kier alpha value is -3.22. The molecule has 2 aromatic heterocycles. The lowest BCUT2D eigenvalue weighted by molar-refractivity contribution is 0.0746. The number of piperazine rings is 1. The van der Waals surface area contributed by atoms with Gasteiger partial charge in [-0.2, -0.15) is 10.2 Å². The van der Waals surface area contributed by atoms with Gasteiger partial charge in [-0.1, -0.05) is 6.07 Å². The summed E-state index contributed by atoms with van der Waals surface area (Å²) in [5, 5.41) is 13.0. The number of nitrogens with zero attached hydrogens (tertiary/aromatic N) is 6. The van der Waals surface area contributed by atoms with E-state index in [1.165, 1.54) is 12.0 Å². The summed E-state index contributed by atoms with van der Waals surface area (Å²) in [5.74, 6) is 1.00. The van der Waals surface area contributed by atoms with Crippen LogP contribution in [0.25, 0.3) is 5.69 Å². The zero-order valence-electron chi connectivity index (χ0n) is 15.7. The highest BCUT2D eigenvalue weighted by Crippen LogP contribution is 2.23. The predicted octanol–water partition coefficient (Wildman–Crippen LogP) is 2.11. The average molecular weight is 374 g/mol. The number of rotatable bonds is 3. The summed E-state index contributed by atoms with van der Waals surface area (Å²) in [5.41, 5.74) is 4.07. The first-order valence-electron chi connectivity index (χ1n) is 9.78. The van der Waals surface area contributed by atoms with Crippen LogP contribution in [0, 0.1) is 0 Å². The molecule has 0 unspecified atom stereocenters. The normalized spacial score (nSPS) is 16.3. The van der Waals surface area contributed by atoms with Crippen molar-refractivity contribution in [3.05, 3.63) is 65.6 Å². The zero-order valence-corrected chi connectivity index (χ0v) is 15.7. The van der Waals surface area contributed by atoms with Gasteiger partial charge in [-0.3, -0.25) is 4.79 Å². The number of fused-ring (bicyclic) bond motifs is 1. The van der Waals surface area contributed by atoms with E-state index < -0.39 is 0 Å². The van der Waals surface area contributed by atoms with Gasteiger partial charge in [-0.05, 0) is 55.2 Å². The van der Waals surface area contributed by atoms with Crippen molar-refractivity contribution in [2.45, 2.75) is 19.3 Å². The van der Waals surface area contributed by atoms with Crippen molar-refractivity contribution < 1.29 is 4.79 Å². The van der Waals surface area contributed by atoms with Crippen molar-refractivity contribution in [3.63, 3.8) is 0 Å². The fourth-order valence-electron chi connectivity index (χ4n) is 4.00. The van der Waals surface area contributed by atoms with E-state index in [0.29, 0.717) is 18.7 Å². The molecule has 0 spiro atoms. The number of hydrogen-bond donors (Lipinski definition) is 0. The highest BCUT2D eigenvalue weighted by atomic mass is 16.2. The molecule has 2 aliphatic rings. The number of hydrogen-bond acceptors (Lipinski definition) is 5. The zero-order chi connectivity index (χ0) is 18.9. The van der Waals surface area contributed by atoms with Crippen molar-refractivity contribution in [1.29, 1.82) is 0 Å². The summed E-state index contributed by atoms with van der Waals surface area (Å²) in [6, 6.07) is 11.7. The van der Waals surface area contributed by atoms with Crippen LogP contribution in [-0.2, 0) is 12.8 Å². The van der Waals surface area contributed by atoms with Gasteiger partial charge in [0.15, 0.2) is 5.82 Å². The molecule has 3 heterocycles. The molecule has 7 heteroatoms. The molecular weight excluding hydrogens is 352 g/mol. The van der Waals surface area contributed by atoms with Gasteiger partial charge in [0, 0.05) is 44.1 Å². The summed E-state index contributed by atoms with van der Waals surface area (Å²) in [4.78, 5) is 17.1. The number of anilines is 1. The largest absolute Gasteiger partial charge is 0.352 e. The maximum absolute atomic E-state index is 13.0. The minimum absolute atomic E-state index is 0.0636. The fraction of sp³-hybridized carbons (Fsp3) is 0.333. The molecule has 0 bridgehead atoms. The third kappa shape index (κ3) is 3.13. The van der Waals surface area contributed by atoms with Crippen LogP contribution in [0.1, 0.15) is 28.0 Å². The first-order chi connectivity index (χ1) is 13.8. The van der Waals surface area contributed by atoms with Gasteiger partial charge in [0.2, 0.25) is 0 Å². The molecule has 1 aliphatic heterocycles. The van der Waals surface area contributed by atoms with Crippen LogP contribution in [0.5, 0.6) is 0 Å². The van der Waals surface area contributed by atoms with Gasteiger partial charge < -0.3 is 9.80 Å². The number of benzene rings is 1. The Labute approximate surface area is 163 Å². The number of aromatic nitrogens is 4. The van der Waals surface area contributed by atoms with E-state index >= 15 is 0 Å². The van der Waals surface area contributed by atoms with Crippen LogP contribution in [0.15, 0.2) is 48.8 Å². The van der Waals surface area contributed by atoms with E-state index in [1.54, 1.807) is 10.9 Å². The van der Waals surface area contributed by atoms with Gasteiger partial charge in [-0.25, -0.2) is 4.68 Å². The lowest BCUT2D eigenvalue weighted by Gasteiger charge is -2.35. The lowest BCUT2D eigenvalue weighted by atomic mass is 10.1. The third-order valence-electron chi connectivity index (χ3n) is 5.56. The Bertz CT molecular complexity index is 992. The molecule has 0 atom stereocenters. The van der Waals surface area contributed by atoms with Gasteiger partial charge in [-0.15, -0.1) is 5.10 Å². The smallest absolute Gasteiger partial charge is 0.254 e. The molecule has 1 fully saturated rings. The molecule has 0 radical (unpaired) electrons. The van der Waals surface area contributed by atoms with Crippen LogP contribution >= 0.6 is 0 Å². The molecule has 1 aromatic carbocycles. The van der Waals surface area contributed by atoms with Crippen LogP contribution < -0.4 is 4.90 Å². The Morgan fingerprint density at radius 1 is 0.964 bits per heavy atom. The SMILES string of the molecule is O=C(c1cccc(-n2cccn2)c1)N1CCN(c2cc3c(nn2)CCC3)CC1. The summed E-state index contributed by atoms with van der Waals surface area (Å²) in [7, 11) is 0. The third-order valence-corrected chi connectivity index (χ3v) is 5.56. The lowest BCUT2D eigenvalue weighted by Crippen LogP contribution is -2.49. The minimum atomic E-state index is 0.0636. The molecular formula is C21H22N6O. The van der Waals surface area contributed by atoms with Crippen molar-refractivity contribution in [2.75, 3.05) is 31.1 Å². The Morgan fingerprint density at radius 3 is 2.68 bits per heavy atom. The van der Waals surface area contributed by atoms with Crippen molar-refractivity contribution >= 4 is 11.7 Å². The van der Waals surface area contributed by atoms with Gasteiger partial charge >= 0.3 is 0 Å². The second-order valence-corrected chi connectivity index (χ2v) is 7.31. The van der Waals surface area contributed by atoms with Gasteiger partial charge in [0.05, 0.1) is 11.4 Å². The van der Waals surface area contributed by atoms with E-state index in [9.17, 15) is 4.79 Å². The molecule has 1 aliphatic carbocycles. The number of carbonyl (C=O) groups excluding carboxylic acids is 1. The number of carbonyl (C=O) groups is 1. The molecule has 1 amide bonds. The number of aryl methyl sites for hydroxylation is 2. The van der Waals surface area contributed by atoms with E-state index in [1.807, 2.05) is 41.4 Å². The molecule has 3 aromatic rings. The quantitative estimate of drug-likeness (QED) is 0.702. The summed E-state index contributed by atoms with van der Waals surface area (Å²) in [6.45, 7) is 2.92. The molecule has 7 nitrogen and oxygen atoms in total. The average Bonchev–Trinajstić information content (AvgIpc) is 3.45. The molecule has 1 saturated heterocycles. The monoisotopic (exact) mass is 374 g/mol. The molecule has 28 heavy (non-hydrogen) atoms. The van der Waals surface area contributed by atoms with Crippen LogP contribution in [-0.4, -0.2) is 57.0 Å². The Balaban J connectivity index is 1.27. The summed E-state index contributed by atoms with van der Waals surface area (Å²) < 4.78 is 1.77. The fourth-order valence-corrected chi connectivity index (χ4v) is 4.00. The second kappa shape index (κ2) is 7.07. The van der Waals surface area contributed by atoms with E-state index in [4.69, 9.17) is 0 Å². The highest BCUT2D eigenvalue weighted by molar-refractivity contribution is 5.95. The standard InChI is InChI=1S/C21H22N6O/c28-21(17-5-1-6-18(14-17)27-9-3-8-22-27)26-12-10-25(11-13-26)20-15-16-4-2-7-19(16)23-24-20/h1,3,5-6,8-9,14-15H,2,4,7,10-13H2.